The van der Waals surface area contributed by atoms with Crippen LogP contribution >= 0.6 is 11.3 Å². The lowest BCUT2D eigenvalue weighted by Crippen LogP contribution is -2.48. The fraction of sp³-hybridized carbons (Fsp3) is 0.611. The highest BCUT2D eigenvalue weighted by atomic mass is 32.1. The van der Waals surface area contributed by atoms with Gasteiger partial charge in [-0.25, -0.2) is 9.67 Å². The molecule has 0 spiro atoms. The Hall–Kier alpha value is -1.97. The van der Waals surface area contributed by atoms with E-state index < -0.39 is 0 Å². The van der Waals surface area contributed by atoms with E-state index >= 15 is 0 Å². The van der Waals surface area contributed by atoms with Gasteiger partial charge in [0, 0.05) is 38.0 Å². The number of aryl methyl sites for hydroxylation is 1. The van der Waals surface area contributed by atoms with Gasteiger partial charge >= 0.3 is 0 Å². The zero-order valence-electron chi connectivity index (χ0n) is 16.5. The molecule has 0 amide bonds. The molecule has 27 heavy (non-hydrogen) atoms. The quantitative estimate of drug-likeness (QED) is 0.547. The Morgan fingerprint density at radius 3 is 3.04 bits per heavy atom. The van der Waals surface area contributed by atoms with Crippen molar-refractivity contribution in [2.24, 2.45) is 4.99 Å². The molecule has 3 rings (SSSR count). The van der Waals surface area contributed by atoms with Gasteiger partial charge in [0.05, 0.1) is 12.6 Å². The van der Waals surface area contributed by atoms with Crippen LogP contribution in [0.5, 0.6) is 0 Å². The van der Waals surface area contributed by atoms with Gasteiger partial charge in [-0.3, -0.25) is 4.99 Å². The van der Waals surface area contributed by atoms with Crippen LogP contribution in [0.4, 0.5) is 0 Å². The normalized spacial score (nSPS) is 18.4. The van der Waals surface area contributed by atoms with Crippen LogP contribution in [0.2, 0.25) is 0 Å². The topological polar surface area (TPSA) is 79.6 Å². The summed E-state index contributed by atoms with van der Waals surface area (Å²) in [5.41, 5.74) is 0. The second-order valence-corrected chi connectivity index (χ2v) is 7.87. The second kappa shape index (κ2) is 9.29. The van der Waals surface area contributed by atoms with Crippen LogP contribution in [-0.2, 0) is 24.3 Å². The summed E-state index contributed by atoms with van der Waals surface area (Å²) in [5.74, 6) is 2.61. The number of guanidine groups is 1. The summed E-state index contributed by atoms with van der Waals surface area (Å²) >= 11 is 1.78. The van der Waals surface area contributed by atoms with Crippen molar-refractivity contribution in [3.63, 3.8) is 0 Å². The molecule has 0 radical (unpaired) electrons. The number of likely N-dealkylation sites (N-methyl/N-ethyl adjacent to an activating group) is 1. The minimum atomic E-state index is 0.278. The average molecular weight is 392 g/mol. The Balaban J connectivity index is 1.56. The summed E-state index contributed by atoms with van der Waals surface area (Å²) in [6.07, 6.45) is 1.91. The van der Waals surface area contributed by atoms with Crippen LogP contribution in [-0.4, -0.2) is 66.5 Å². The SMILES string of the molecule is CN=C(NCC(c1cccs1)N(C)C)NC1CCc2nc(COC)nn2C1. The second-order valence-electron chi connectivity index (χ2n) is 6.89. The van der Waals surface area contributed by atoms with Gasteiger partial charge in [0.2, 0.25) is 0 Å². The third kappa shape index (κ3) is 5.06. The van der Waals surface area contributed by atoms with Crippen molar-refractivity contribution in [1.29, 1.82) is 0 Å². The number of aromatic nitrogens is 3. The highest BCUT2D eigenvalue weighted by Crippen LogP contribution is 2.22. The first-order valence-electron chi connectivity index (χ1n) is 9.19. The van der Waals surface area contributed by atoms with Gasteiger partial charge < -0.3 is 20.3 Å². The molecule has 0 bridgehead atoms. The predicted octanol–water partition coefficient (Wildman–Crippen LogP) is 1.27. The van der Waals surface area contributed by atoms with E-state index in [1.54, 1.807) is 18.4 Å². The van der Waals surface area contributed by atoms with Crippen molar-refractivity contribution in [2.45, 2.75) is 38.1 Å². The number of fused-ring (bicyclic) bond motifs is 1. The van der Waals surface area contributed by atoms with E-state index in [9.17, 15) is 0 Å². The molecule has 1 aliphatic heterocycles. The molecule has 9 heteroatoms. The molecule has 2 unspecified atom stereocenters. The van der Waals surface area contributed by atoms with Crippen LogP contribution in [0.25, 0.3) is 0 Å². The first-order chi connectivity index (χ1) is 13.1. The smallest absolute Gasteiger partial charge is 0.191 e. The van der Waals surface area contributed by atoms with Crippen LogP contribution in [0, 0.1) is 0 Å². The Bertz CT molecular complexity index is 741. The number of aliphatic imine (C=N–C) groups is 1. The van der Waals surface area contributed by atoms with E-state index in [1.807, 2.05) is 11.7 Å². The molecule has 0 saturated carbocycles. The van der Waals surface area contributed by atoms with Crippen LogP contribution in [0.3, 0.4) is 0 Å². The molecule has 2 aromatic heterocycles. The fourth-order valence-electron chi connectivity index (χ4n) is 3.27. The summed E-state index contributed by atoms with van der Waals surface area (Å²) in [6.45, 7) is 2.04. The molecule has 2 aromatic rings. The van der Waals surface area contributed by atoms with E-state index in [0.717, 1.165) is 43.5 Å². The number of thiophene rings is 1. The lowest BCUT2D eigenvalue weighted by Gasteiger charge is -2.28. The lowest BCUT2D eigenvalue weighted by molar-refractivity contribution is 0.177. The van der Waals surface area contributed by atoms with E-state index in [0.29, 0.717) is 12.6 Å². The molecule has 1 aliphatic rings. The summed E-state index contributed by atoms with van der Waals surface area (Å²) in [4.78, 5) is 12.5. The van der Waals surface area contributed by atoms with Crippen molar-refractivity contribution >= 4 is 17.3 Å². The van der Waals surface area contributed by atoms with Crippen LogP contribution in [0.15, 0.2) is 22.5 Å². The molecule has 0 aromatic carbocycles. The molecule has 3 heterocycles. The third-order valence-corrected chi connectivity index (χ3v) is 5.67. The van der Waals surface area contributed by atoms with Crippen molar-refractivity contribution in [3.05, 3.63) is 34.0 Å². The number of nitrogens with one attached hydrogen (secondary N) is 2. The first-order valence-corrected chi connectivity index (χ1v) is 10.1. The van der Waals surface area contributed by atoms with Crippen molar-refractivity contribution < 1.29 is 4.74 Å². The minimum Gasteiger partial charge on any atom is -0.377 e. The molecule has 0 saturated heterocycles. The standard InChI is InChI=1S/C18H29N7OS/c1-19-18(20-10-14(24(2)3)15-6-5-9-27-15)21-13-7-8-17-22-16(12-26-4)23-25(17)11-13/h5-6,9,13-14H,7-8,10-12H2,1-4H3,(H2,19,20,21). The molecular formula is C18H29N7OS. The van der Waals surface area contributed by atoms with E-state index in [-0.39, 0.29) is 6.04 Å². The van der Waals surface area contributed by atoms with Gasteiger partial charge in [-0.1, -0.05) is 6.07 Å². The van der Waals surface area contributed by atoms with Crippen LogP contribution in [0.1, 0.15) is 29.0 Å². The van der Waals surface area contributed by atoms with Crippen molar-refractivity contribution in [1.82, 2.24) is 30.3 Å². The Morgan fingerprint density at radius 2 is 2.37 bits per heavy atom. The Kier molecular flexibility index (Phi) is 6.81. The summed E-state index contributed by atoms with van der Waals surface area (Å²) in [6, 6.07) is 4.87. The maximum absolute atomic E-state index is 5.13. The molecule has 8 nitrogen and oxygen atoms in total. The molecule has 2 N–H and O–H groups in total. The maximum Gasteiger partial charge on any atom is 0.191 e. The molecule has 0 fully saturated rings. The third-order valence-electron chi connectivity index (χ3n) is 4.70. The number of methoxy groups -OCH3 is 1. The molecule has 2 atom stereocenters. The molecule has 0 aliphatic carbocycles. The molecular weight excluding hydrogens is 362 g/mol. The minimum absolute atomic E-state index is 0.278. The zero-order chi connectivity index (χ0) is 19.2. The first kappa shape index (κ1) is 19.8. The van der Waals surface area contributed by atoms with Gasteiger partial charge in [-0.2, -0.15) is 5.10 Å². The number of hydrogen-bond donors (Lipinski definition) is 2. The fourth-order valence-corrected chi connectivity index (χ4v) is 4.19. The predicted molar refractivity (Wildman–Crippen MR) is 108 cm³/mol. The van der Waals surface area contributed by atoms with Crippen LogP contribution < -0.4 is 10.6 Å². The van der Waals surface area contributed by atoms with Gasteiger partial charge in [0.25, 0.3) is 0 Å². The van der Waals surface area contributed by atoms with Gasteiger partial charge in [-0.05, 0) is 32.0 Å². The lowest BCUT2D eigenvalue weighted by atomic mass is 10.1. The number of hydrogen-bond acceptors (Lipinski definition) is 6. The van der Waals surface area contributed by atoms with E-state index in [4.69, 9.17) is 4.74 Å². The van der Waals surface area contributed by atoms with Gasteiger partial charge in [-0.15, -0.1) is 11.3 Å². The summed E-state index contributed by atoms with van der Waals surface area (Å²) in [7, 11) is 7.68. The maximum atomic E-state index is 5.13. The van der Waals surface area contributed by atoms with Gasteiger partial charge in [0.1, 0.15) is 12.4 Å². The zero-order valence-corrected chi connectivity index (χ0v) is 17.3. The average Bonchev–Trinajstić information content (AvgIpc) is 3.30. The summed E-state index contributed by atoms with van der Waals surface area (Å²) < 4.78 is 7.12. The highest BCUT2D eigenvalue weighted by Gasteiger charge is 2.23. The van der Waals surface area contributed by atoms with Gasteiger partial charge in [0.15, 0.2) is 11.8 Å². The largest absolute Gasteiger partial charge is 0.377 e. The monoisotopic (exact) mass is 391 g/mol. The highest BCUT2D eigenvalue weighted by molar-refractivity contribution is 7.10. The summed E-state index contributed by atoms with van der Waals surface area (Å²) in [5, 5.41) is 13.7. The van der Waals surface area contributed by atoms with Crippen molar-refractivity contribution in [3.8, 4) is 0 Å². The van der Waals surface area contributed by atoms with Crippen molar-refractivity contribution in [2.75, 3.05) is 34.8 Å². The van der Waals surface area contributed by atoms with E-state index in [2.05, 4.69) is 62.2 Å². The number of ether oxygens (including phenoxy) is 1. The molecule has 148 valence electrons. The Labute approximate surface area is 164 Å². The van der Waals surface area contributed by atoms with E-state index in [1.165, 1.54) is 4.88 Å². The Morgan fingerprint density at radius 1 is 1.52 bits per heavy atom. The number of rotatable bonds is 7. The number of nitrogens with zero attached hydrogens (tertiary/aromatic N) is 5.